The molecule has 0 bridgehead atoms. The number of pyridine rings is 1. The van der Waals surface area contributed by atoms with E-state index in [2.05, 4.69) is 15.6 Å². The first-order valence-electron chi connectivity index (χ1n) is 10.1. The third-order valence-corrected chi connectivity index (χ3v) is 5.59. The standard InChI is InChI=1S/C24H18Cl2N4O4/c25-18-8-6-16(10-19(18)26)11-28-22(31)17-7-9-21-27-12-20(23(32)30(21)13-17)29-24(33)34-14-15-4-2-1-3-5-15/h1-10,12-13H,11,14H2,(H,28,31)(H,29,33). The fourth-order valence-electron chi connectivity index (χ4n) is 3.10. The maximum atomic E-state index is 12.9. The molecule has 0 spiro atoms. The Kier molecular flexibility index (Phi) is 7.10. The fourth-order valence-corrected chi connectivity index (χ4v) is 3.42. The number of anilines is 1. The maximum Gasteiger partial charge on any atom is 0.412 e. The number of ether oxygens (including phenoxy) is 1. The Morgan fingerprint density at radius 1 is 0.971 bits per heavy atom. The number of hydrogen-bond donors (Lipinski definition) is 2. The van der Waals surface area contributed by atoms with Crippen LogP contribution < -0.4 is 16.2 Å². The predicted molar refractivity (Wildman–Crippen MR) is 129 cm³/mol. The molecule has 34 heavy (non-hydrogen) atoms. The molecule has 2 aromatic carbocycles. The van der Waals surface area contributed by atoms with E-state index < -0.39 is 17.6 Å². The van der Waals surface area contributed by atoms with Gasteiger partial charge in [0.15, 0.2) is 0 Å². The minimum absolute atomic E-state index is 0.0537. The summed E-state index contributed by atoms with van der Waals surface area (Å²) in [5.74, 6) is -0.402. The molecule has 4 aromatic rings. The molecule has 0 unspecified atom stereocenters. The second-order valence-electron chi connectivity index (χ2n) is 7.24. The molecule has 0 fully saturated rings. The molecule has 172 valence electrons. The van der Waals surface area contributed by atoms with Crippen LogP contribution in [0.2, 0.25) is 10.0 Å². The zero-order valence-corrected chi connectivity index (χ0v) is 19.1. The lowest BCUT2D eigenvalue weighted by Crippen LogP contribution is -2.26. The Labute approximate surface area is 204 Å². The van der Waals surface area contributed by atoms with Crippen LogP contribution in [0.4, 0.5) is 10.5 Å². The van der Waals surface area contributed by atoms with Crippen LogP contribution in [0, 0.1) is 0 Å². The Bertz CT molecular complexity index is 1420. The van der Waals surface area contributed by atoms with Gasteiger partial charge in [-0.05, 0) is 35.4 Å². The van der Waals surface area contributed by atoms with Crippen molar-refractivity contribution in [3.8, 4) is 0 Å². The highest BCUT2D eigenvalue weighted by molar-refractivity contribution is 6.42. The molecule has 10 heteroatoms. The highest BCUT2D eigenvalue weighted by Gasteiger charge is 2.13. The number of rotatable bonds is 6. The van der Waals surface area contributed by atoms with E-state index in [1.165, 1.54) is 22.9 Å². The lowest BCUT2D eigenvalue weighted by Gasteiger charge is -2.10. The number of amides is 2. The van der Waals surface area contributed by atoms with Gasteiger partial charge in [0.1, 0.15) is 17.9 Å². The summed E-state index contributed by atoms with van der Waals surface area (Å²) in [6.07, 6.45) is 1.80. The number of carbonyl (C=O) groups is 2. The minimum atomic E-state index is -0.793. The molecule has 0 atom stereocenters. The molecule has 2 heterocycles. The number of aromatic nitrogens is 2. The summed E-state index contributed by atoms with van der Waals surface area (Å²) in [5, 5.41) is 5.97. The number of halogens is 2. The lowest BCUT2D eigenvalue weighted by molar-refractivity contribution is 0.0950. The Hall–Kier alpha value is -3.88. The fraction of sp³-hybridized carbons (Fsp3) is 0.0833. The van der Waals surface area contributed by atoms with Gasteiger partial charge in [0.25, 0.3) is 11.5 Å². The van der Waals surface area contributed by atoms with Gasteiger partial charge in [0.05, 0.1) is 21.8 Å². The summed E-state index contributed by atoms with van der Waals surface area (Å²) in [6, 6.07) is 17.3. The number of fused-ring (bicyclic) bond motifs is 1. The van der Waals surface area contributed by atoms with Crippen LogP contribution in [0.1, 0.15) is 21.5 Å². The number of benzene rings is 2. The van der Waals surface area contributed by atoms with Crippen LogP contribution in [0.5, 0.6) is 0 Å². The summed E-state index contributed by atoms with van der Waals surface area (Å²) in [7, 11) is 0. The average molecular weight is 497 g/mol. The van der Waals surface area contributed by atoms with Gasteiger partial charge in [0.2, 0.25) is 0 Å². The van der Waals surface area contributed by atoms with Crippen LogP contribution >= 0.6 is 23.2 Å². The van der Waals surface area contributed by atoms with Crippen LogP contribution in [-0.4, -0.2) is 21.4 Å². The van der Waals surface area contributed by atoms with Crippen LogP contribution in [0.15, 0.2) is 77.9 Å². The molecule has 0 aliphatic rings. The SMILES string of the molecule is O=C(Nc1cnc2ccc(C(=O)NCc3ccc(Cl)c(Cl)c3)cn2c1=O)OCc1ccccc1. The lowest BCUT2D eigenvalue weighted by atomic mass is 10.2. The molecule has 8 nitrogen and oxygen atoms in total. The quantitative estimate of drug-likeness (QED) is 0.403. The van der Waals surface area contributed by atoms with Crippen molar-refractivity contribution in [3.05, 3.63) is 110 Å². The Morgan fingerprint density at radius 3 is 2.53 bits per heavy atom. The first-order valence-corrected chi connectivity index (χ1v) is 10.9. The van der Waals surface area contributed by atoms with E-state index >= 15 is 0 Å². The van der Waals surface area contributed by atoms with Crippen LogP contribution in [-0.2, 0) is 17.9 Å². The topological polar surface area (TPSA) is 102 Å². The van der Waals surface area contributed by atoms with Crippen molar-refractivity contribution in [1.29, 1.82) is 0 Å². The first-order chi connectivity index (χ1) is 16.4. The monoisotopic (exact) mass is 496 g/mol. The number of nitrogens with one attached hydrogen (secondary N) is 2. The smallest absolute Gasteiger partial charge is 0.412 e. The van der Waals surface area contributed by atoms with Crippen molar-refractivity contribution >= 4 is 46.5 Å². The van der Waals surface area contributed by atoms with Gasteiger partial charge in [-0.25, -0.2) is 9.78 Å². The predicted octanol–water partition coefficient (Wildman–Crippen LogP) is 4.68. The van der Waals surface area contributed by atoms with Crippen LogP contribution in [0.3, 0.4) is 0 Å². The van der Waals surface area contributed by atoms with Crippen molar-refractivity contribution in [2.24, 2.45) is 0 Å². The van der Waals surface area contributed by atoms with Gasteiger partial charge in [0, 0.05) is 12.7 Å². The second-order valence-corrected chi connectivity index (χ2v) is 8.06. The molecule has 0 radical (unpaired) electrons. The number of carbonyl (C=O) groups excluding carboxylic acids is 2. The molecule has 4 rings (SSSR count). The molecular weight excluding hydrogens is 479 g/mol. The summed E-state index contributed by atoms with van der Waals surface area (Å²) in [4.78, 5) is 41.7. The Balaban J connectivity index is 1.46. The van der Waals surface area contributed by atoms with Gasteiger partial charge < -0.3 is 10.1 Å². The zero-order chi connectivity index (χ0) is 24.1. The summed E-state index contributed by atoms with van der Waals surface area (Å²) in [6.45, 7) is 0.272. The summed E-state index contributed by atoms with van der Waals surface area (Å²) in [5.41, 5.74) is 1.49. The van der Waals surface area contributed by atoms with Crippen molar-refractivity contribution in [3.63, 3.8) is 0 Å². The third kappa shape index (κ3) is 5.54. The van der Waals surface area contributed by atoms with Gasteiger partial charge in [-0.3, -0.25) is 19.3 Å². The van der Waals surface area contributed by atoms with E-state index in [1.54, 1.807) is 24.3 Å². The van der Waals surface area contributed by atoms with E-state index in [-0.39, 0.29) is 24.4 Å². The van der Waals surface area contributed by atoms with Crippen molar-refractivity contribution in [2.75, 3.05) is 5.32 Å². The molecular formula is C24H18Cl2N4O4. The highest BCUT2D eigenvalue weighted by Crippen LogP contribution is 2.22. The third-order valence-electron chi connectivity index (χ3n) is 4.85. The van der Waals surface area contributed by atoms with E-state index in [9.17, 15) is 14.4 Å². The molecule has 0 saturated carbocycles. The molecule has 2 amide bonds. The molecule has 0 saturated heterocycles. The van der Waals surface area contributed by atoms with Crippen LogP contribution in [0.25, 0.3) is 5.65 Å². The van der Waals surface area contributed by atoms with Crippen molar-refractivity contribution < 1.29 is 14.3 Å². The van der Waals surface area contributed by atoms with E-state index in [0.717, 1.165) is 11.1 Å². The minimum Gasteiger partial charge on any atom is -0.444 e. The Morgan fingerprint density at radius 2 is 1.76 bits per heavy atom. The van der Waals surface area contributed by atoms with E-state index in [1.807, 2.05) is 30.3 Å². The van der Waals surface area contributed by atoms with Gasteiger partial charge in [-0.15, -0.1) is 0 Å². The molecule has 0 aliphatic carbocycles. The summed E-state index contributed by atoms with van der Waals surface area (Å²) >= 11 is 11.9. The van der Waals surface area contributed by atoms with Gasteiger partial charge >= 0.3 is 6.09 Å². The van der Waals surface area contributed by atoms with Gasteiger partial charge in [-0.2, -0.15) is 0 Å². The number of hydrogen-bond acceptors (Lipinski definition) is 5. The van der Waals surface area contributed by atoms with Crippen molar-refractivity contribution in [2.45, 2.75) is 13.2 Å². The summed E-state index contributed by atoms with van der Waals surface area (Å²) < 4.78 is 6.32. The van der Waals surface area contributed by atoms with Crippen molar-refractivity contribution in [1.82, 2.24) is 14.7 Å². The highest BCUT2D eigenvalue weighted by atomic mass is 35.5. The largest absolute Gasteiger partial charge is 0.444 e. The van der Waals surface area contributed by atoms with E-state index in [0.29, 0.717) is 15.7 Å². The number of nitrogens with zero attached hydrogens (tertiary/aromatic N) is 2. The van der Waals surface area contributed by atoms with E-state index in [4.69, 9.17) is 27.9 Å². The second kappa shape index (κ2) is 10.4. The first kappa shape index (κ1) is 23.3. The molecule has 0 aliphatic heterocycles. The maximum absolute atomic E-state index is 12.9. The van der Waals surface area contributed by atoms with Gasteiger partial charge in [-0.1, -0.05) is 59.6 Å². The average Bonchev–Trinajstić information content (AvgIpc) is 2.85. The normalized spacial score (nSPS) is 10.6. The molecule has 2 N–H and O–H groups in total. The molecule has 2 aromatic heterocycles. The zero-order valence-electron chi connectivity index (χ0n) is 17.6.